The smallest absolute Gasteiger partial charge is 0.224 e. The molecule has 0 saturated carbocycles. The summed E-state index contributed by atoms with van der Waals surface area (Å²) in [7, 11) is 0. The van der Waals surface area contributed by atoms with E-state index in [-0.39, 0.29) is 12.5 Å². The number of aryl methyl sites for hydroxylation is 2. The molecule has 4 heteroatoms. The van der Waals surface area contributed by atoms with Crippen LogP contribution >= 0.6 is 0 Å². The monoisotopic (exact) mass is 251 g/mol. The summed E-state index contributed by atoms with van der Waals surface area (Å²) < 4.78 is 5.06. The van der Waals surface area contributed by atoms with Crippen molar-refractivity contribution in [3.8, 4) is 0 Å². The first-order valence-electron chi connectivity index (χ1n) is 6.15. The zero-order valence-corrected chi connectivity index (χ0v) is 11.0. The van der Waals surface area contributed by atoms with E-state index in [9.17, 15) is 4.79 Å². The molecule has 1 aromatic rings. The molecule has 0 spiro atoms. The molecule has 0 atom stereocenters. The quantitative estimate of drug-likeness (QED) is 0.710. The lowest BCUT2D eigenvalue weighted by atomic mass is 10.0. The standard InChI is InChI=1S/C14H21NO3/c1-11-3-4-12(2)13(9-11)10-14(17)15-5-7-18-8-6-16/h3-4,9,16H,5-8,10H2,1-2H3,(H,15,17). The molecule has 0 bridgehead atoms. The van der Waals surface area contributed by atoms with E-state index in [0.717, 1.165) is 16.7 Å². The Morgan fingerprint density at radius 2 is 2.11 bits per heavy atom. The van der Waals surface area contributed by atoms with Crippen molar-refractivity contribution in [2.75, 3.05) is 26.4 Å². The van der Waals surface area contributed by atoms with Crippen molar-refractivity contribution in [3.63, 3.8) is 0 Å². The third kappa shape index (κ3) is 5.29. The molecule has 0 fully saturated rings. The normalized spacial score (nSPS) is 10.4. The van der Waals surface area contributed by atoms with E-state index in [1.165, 1.54) is 0 Å². The van der Waals surface area contributed by atoms with E-state index >= 15 is 0 Å². The largest absolute Gasteiger partial charge is 0.394 e. The molecule has 0 heterocycles. The molecule has 4 nitrogen and oxygen atoms in total. The van der Waals surface area contributed by atoms with Crippen molar-refractivity contribution in [2.24, 2.45) is 0 Å². The maximum Gasteiger partial charge on any atom is 0.224 e. The van der Waals surface area contributed by atoms with E-state index in [1.54, 1.807) is 0 Å². The minimum Gasteiger partial charge on any atom is -0.394 e. The van der Waals surface area contributed by atoms with Crippen LogP contribution in [0.1, 0.15) is 16.7 Å². The highest BCUT2D eigenvalue weighted by Gasteiger charge is 2.05. The molecule has 0 aliphatic rings. The second kappa shape index (κ2) is 7.84. The predicted octanol–water partition coefficient (Wildman–Crippen LogP) is 0.971. The Labute approximate surface area is 108 Å². The second-order valence-electron chi connectivity index (χ2n) is 4.29. The summed E-state index contributed by atoms with van der Waals surface area (Å²) in [4.78, 5) is 11.7. The van der Waals surface area contributed by atoms with Crippen molar-refractivity contribution in [1.82, 2.24) is 5.32 Å². The van der Waals surface area contributed by atoms with Gasteiger partial charge >= 0.3 is 0 Å². The topological polar surface area (TPSA) is 58.6 Å². The van der Waals surface area contributed by atoms with Gasteiger partial charge in [-0.25, -0.2) is 0 Å². The highest BCUT2D eigenvalue weighted by atomic mass is 16.5. The van der Waals surface area contributed by atoms with Crippen LogP contribution < -0.4 is 5.32 Å². The molecule has 0 aliphatic heterocycles. The van der Waals surface area contributed by atoms with Crippen LogP contribution in [-0.2, 0) is 16.0 Å². The van der Waals surface area contributed by atoms with Gasteiger partial charge in [-0.05, 0) is 25.0 Å². The first-order valence-corrected chi connectivity index (χ1v) is 6.15. The van der Waals surface area contributed by atoms with E-state index < -0.39 is 0 Å². The third-order valence-corrected chi connectivity index (χ3v) is 2.66. The number of hydrogen-bond acceptors (Lipinski definition) is 3. The Bertz CT molecular complexity index is 391. The van der Waals surface area contributed by atoms with Crippen LogP contribution in [0.4, 0.5) is 0 Å². The summed E-state index contributed by atoms with van der Waals surface area (Å²) in [5.74, 6) is -0.00343. The Morgan fingerprint density at radius 3 is 2.83 bits per heavy atom. The SMILES string of the molecule is Cc1ccc(C)c(CC(=O)NCCOCCO)c1. The fourth-order valence-corrected chi connectivity index (χ4v) is 1.66. The highest BCUT2D eigenvalue weighted by Crippen LogP contribution is 2.11. The van der Waals surface area contributed by atoms with Gasteiger partial charge in [0, 0.05) is 6.54 Å². The summed E-state index contributed by atoms with van der Waals surface area (Å²) in [5, 5.41) is 11.3. The third-order valence-electron chi connectivity index (χ3n) is 2.66. The van der Waals surface area contributed by atoms with Crippen LogP contribution in [0.5, 0.6) is 0 Å². The number of ether oxygens (including phenoxy) is 1. The molecule has 0 aliphatic carbocycles. The van der Waals surface area contributed by atoms with E-state index in [0.29, 0.717) is 26.2 Å². The molecule has 1 amide bonds. The van der Waals surface area contributed by atoms with E-state index in [1.807, 2.05) is 32.0 Å². The Hall–Kier alpha value is -1.39. The minimum atomic E-state index is -0.00343. The van der Waals surface area contributed by atoms with Crippen LogP contribution in [0.25, 0.3) is 0 Å². The van der Waals surface area contributed by atoms with Crippen LogP contribution in [0.3, 0.4) is 0 Å². The fraction of sp³-hybridized carbons (Fsp3) is 0.500. The summed E-state index contributed by atoms with van der Waals surface area (Å²) in [6.45, 7) is 5.25. The van der Waals surface area contributed by atoms with Crippen LogP contribution in [0.2, 0.25) is 0 Å². The molecule has 0 radical (unpaired) electrons. The molecule has 1 rings (SSSR count). The maximum atomic E-state index is 11.7. The molecular formula is C14H21NO3. The lowest BCUT2D eigenvalue weighted by Gasteiger charge is -2.08. The molecule has 2 N–H and O–H groups in total. The van der Waals surface area contributed by atoms with Gasteiger partial charge in [0.25, 0.3) is 0 Å². The van der Waals surface area contributed by atoms with E-state index in [4.69, 9.17) is 9.84 Å². The second-order valence-corrected chi connectivity index (χ2v) is 4.29. The lowest BCUT2D eigenvalue weighted by molar-refractivity contribution is -0.120. The van der Waals surface area contributed by atoms with Crippen LogP contribution in [0, 0.1) is 13.8 Å². The van der Waals surface area contributed by atoms with Crippen molar-refractivity contribution >= 4 is 5.91 Å². The van der Waals surface area contributed by atoms with Gasteiger partial charge in [-0.15, -0.1) is 0 Å². The number of benzene rings is 1. The number of amides is 1. The van der Waals surface area contributed by atoms with Crippen LogP contribution in [0.15, 0.2) is 18.2 Å². The zero-order valence-electron chi connectivity index (χ0n) is 11.0. The molecule has 18 heavy (non-hydrogen) atoms. The van der Waals surface area contributed by atoms with Gasteiger partial charge in [0.2, 0.25) is 5.91 Å². The predicted molar refractivity (Wildman–Crippen MR) is 70.5 cm³/mol. The molecule has 100 valence electrons. The van der Waals surface area contributed by atoms with Gasteiger partial charge < -0.3 is 15.2 Å². The van der Waals surface area contributed by atoms with Crippen molar-refractivity contribution in [2.45, 2.75) is 20.3 Å². The Kier molecular flexibility index (Phi) is 6.39. The molecule has 0 saturated heterocycles. The van der Waals surface area contributed by atoms with Gasteiger partial charge in [-0.3, -0.25) is 4.79 Å². The van der Waals surface area contributed by atoms with Crippen molar-refractivity contribution in [3.05, 3.63) is 34.9 Å². The highest BCUT2D eigenvalue weighted by molar-refractivity contribution is 5.78. The summed E-state index contributed by atoms with van der Waals surface area (Å²) >= 11 is 0. The number of aliphatic hydroxyl groups is 1. The first-order chi connectivity index (χ1) is 8.63. The summed E-state index contributed by atoms with van der Waals surface area (Å²) in [6, 6.07) is 6.11. The number of carbonyl (C=O) groups is 1. The minimum absolute atomic E-state index is 0.00343. The number of carbonyl (C=O) groups excluding carboxylic acids is 1. The van der Waals surface area contributed by atoms with Crippen LogP contribution in [-0.4, -0.2) is 37.4 Å². The average molecular weight is 251 g/mol. The van der Waals surface area contributed by atoms with Gasteiger partial charge in [-0.2, -0.15) is 0 Å². The Balaban J connectivity index is 2.33. The van der Waals surface area contributed by atoms with Gasteiger partial charge in [0.05, 0.1) is 26.2 Å². The first kappa shape index (κ1) is 14.7. The molecule has 0 unspecified atom stereocenters. The Morgan fingerprint density at radius 1 is 1.33 bits per heavy atom. The summed E-state index contributed by atoms with van der Waals surface area (Å²) in [6.07, 6.45) is 0.396. The van der Waals surface area contributed by atoms with Crippen molar-refractivity contribution in [1.29, 1.82) is 0 Å². The number of rotatable bonds is 7. The van der Waals surface area contributed by atoms with Gasteiger partial charge in [0.15, 0.2) is 0 Å². The fourth-order valence-electron chi connectivity index (χ4n) is 1.66. The lowest BCUT2D eigenvalue weighted by Crippen LogP contribution is -2.29. The van der Waals surface area contributed by atoms with Gasteiger partial charge in [0.1, 0.15) is 0 Å². The van der Waals surface area contributed by atoms with Crippen molar-refractivity contribution < 1.29 is 14.6 Å². The van der Waals surface area contributed by atoms with E-state index in [2.05, 4.69) is 5.32 Å². The average Bonchev–Trinajstić information content (AvgIpc) is 2.33. The number of aliphatic hydroxyl groups excluding tert-OH is 1. The number of nitrogens with one attached hydrogen (secondary N) is 1. The number of hydrogen-bond donors (Lipinski definition) is 2. The molecule has 1 aromatic carbocycles. The van der Waals surface area contributed by atoms with Gasteiger partial charge in [-0.1, -0.05) is 23.8 Å². The zero-order chi connectivity index (χ0) is 13.4. The molecular weight excluding hydrogens is 230 g/mol. The maximum absolute atomic E-state index is 11.7. The molecule has 0 aromatic heterocycles. The summed E-state index contributed by atoms with van der Waals surface area (Å²) in [5.41, 5.74) is 3.35.